The molecule has 0 amide bonds. The minimum absolute atomic E-state index is 0.137. The van der Waals surface area contributed by atoms with E-state index < -0.39 is 7.60 Å². The van der Waals surface area contributed by atoms with Crippen molar-refractivity contribution in [1.29, 1.82) is 0 Å². The van der Waals surface area contributed by atoms with E-state index in [0.717, 1.165) is 0 Å². The van der Waals surface area contributed by atoms with Crippen LogP contribution in [0.3, 0.4) is 0 Å². The van der Waals surface area contributed by atoms with Crippen LogP contribution in [-0.2, 0) is 9.09 Å². The predicted molar refractivity (Wildman–Crippen MR) is 63.8 cm³/mol. The fraction of sp³-hybridized carbons (Fsp3) is 0.500. The lowest BCUT2D eigenvalue weighted by molar-refractivity contribution is -0.617. The summed E-state index contributed by atoms with van der Waals surface area (Å²) in [6.07, 6.45) is -0.345. The normalized spacial score (nSPS) is 15.6. The molecule has 3 N–H and O–H groups in total. The third kappa shape index (κ3) is 2.09. The van der Waals surface area contributed by atoms with Gasteiger partial charge in [-0.1, -0.05) is 15.9 Å². The van der Waals surface area contributed by atoms with Gasteiger partial charge in [0, 0.05) is 17.4 Å². The van der Waals surface area contributed by atoms with Crippen LogP contribution in [0, 0.1) is 6.92 Å². The Morgan fingerprint density at radius 1 is 1.71 bits per heavy atom. The number of rotatable bonds is 3. The predicted octanol–water partition coefficient (Wildman–Crippen LogP) is -0.0588. The average Bonchev–Trinajstić information content (AvgIpc) is 2.68. The quantitative estimate of drug-likeness (QED) is 0.466. The average molecular weight is 277 g/mol. The molecule has 1 unspecified atom stereocenters. The van der Waals surface area contributed by atoms with E-state index in [0.29, 0.717) is 10.8 Å². The zero-order valence-electron chi connectivity index (χ0n) is 9.69. The molecule has 0 aliphatic heterocycles. The van der Waals surface area contributed by atoms with Crippen molar-refractivity contribution in [3.8, 4) is 0 Å². The standard InChI is InChI=1S/C8H13N4O3PS/c1-5(2)15-16(13,14)7-4-17-8-11(9)6(3)10-12(7)8/h4-5H,9H2,1-3H3/p+1. The van der Waals surface area contributed by atoms with Gasteiger partial charge in [-0.05, 0) is 13.8 Å². The Balaban J connectivity index is 2.56. The van der Waals surface area contributed by atoms with Crippen LogP contribution in [0.2, 0.25) is 0 Å². The monoisotopic (exact) mass is 277 g/mol. The van der Waals surface area contributed by atoms with Gasteiger partial charge < -0.3 is 9.42 Å². The van der Waals surface area contributed by atoms with E-state index >= 15 is 0 Å². The molecule has 94 valence electrons. The van der Waals surface area contributed by atoms with Crippen molar-refractivity contribution >= 4 is 29.3 Å². The number of aromatic nitrogens is 3. The van der Waals surface area contributed by atoms with Gasteiger partial charge in [0.25, 0.3) is 5.82 Å². The fourth-order valence-electron chi connectivity index (χ4n) is 1.41. The summed E-state index contributed by atoms with van der Waals surface area (Å²) in [4.78, 5) is 10.5. The number of hydrogen-bond donors (Lipinski definition) is 2. The lowest BCUT2D eigenvalue weighted by atomic mass is 10.5. The Morgan fingerprint density at radius 2 is 2.35 bits per heavy atom. The lowest BCUT2D eigenvalue weighted by Crippen LogP contribution is -2.45. The number of thiazole rings is 1. The van der Waals surface area contributed by atoms with Gasteiger partial charge in [0.1, 0.15) is 0 Å². The molecule has 9 heteroatoms. The van der Waals surface area contributed by atoms with Crippen molar-refractivity contribution in [3.63, 3.8) is 0 Å². The molecule has 0 aromatic carbocycles. The molecule has 7 nitrogen and oxygen atoms in total. The van der Waals surface area contributed by atoms with E-state index in [9.17, 15) is 9.46 Å². The highest BCUT2D eigenvalue weighted by Gasteiger charge is 2.35. The molecular formula is C8H14N4O3PS+. The number of aryl methyl sites for hydroxylation is 1. The van der Waals surface area contributed by atoms with Gasteiger partial charge in [0.15, 0.2) is 0 Å². The second kappa shape index (κ2) is 4.06. The van der Waals surface area contributed by atoms with Gasteiger partial charge in [0.2, 0.25) is 5.44 Å². The maximum atomic E-state index is 12.1. The van der Waals surface area contributed by atoms with E-state index in [1.807, 2.05) is 0 Å². The lowest BCUT2D eigenvalue weighted by Gasteiger charge is -2.11. The summed E-state index contributed by atoms with van der Waals surface area (Å²) in [5.41, 5.74) is 0.137. The van der Waals surface area contributed by atoms with Crippen LogP contribution in [-0.4, -0.2) is 20.6 Å². The molecule has 0 saturated carbocycles. The van der Waals surface area contributed by atoms with Crippen LogP contribution in [0.15, 0.2) is 5.38 Å². The molecule has 2 heterocycles. The maximum Gasteiger partial charge on any atom is 0.394 e. The smallest absolute Gasteiger partial charge is 0.319 e. The molecule has 0 spiro atoms. The fourth-order valence-corrected chi connectivity index (χ4v) is 4.03. The molecule has 2 rings (SSSR count). The number of nitrogens with zero attached hydrogens (tertiary/aromatic N) is 3. The molecule has 0 radical (unpaired) electrons. The second-order valence-electron chi connectivity index (χ2n) is 3.88. The Hall–Kier alpha value is -0.950. The number of nitrogens with two attached hydrogens (primary N) is 1. The number of fused-ring (bicyclic) bond motifs is 1. The Bertz CT molecular complexity index is 605. The minimum atomic E-state index is -3.86. The summed E-state index contributed by atoms with van der Waals surface area (Å²) in [7, 11) is -3.86. The highest BCUT2D eigenvalue weighted by atomic mass is 32.1. The Kier molecular flexibility index (Phi) is 2.99. The molecule has 0 fully saturated rings. The van der Waals surface area contributed by atoms with Crippen molar-refractivity contribution in [2.45, 2.75) is 26.9 Å². The van der Waals surface area contributed by atoms with E-state index in [4.69, 9.17) is 10.4 Å². The molecular weight excluding hydrogens is 263 g/mol. The van der Waals surface area contributed by atoms with Crippen molar-refractivity contribution in [2.24, 2.45) is 0 Å². The molecule has 2 aromatic heterocycles. The Labute approximate surface area is 102 Å². The van der Waals surface area contributed by atoms with Gasteiger partial charge in [0.05, 0.1) is 6.10 Å². The van der Waals surface area contributed by atoms with Crippen LogP contribution in [0.1, 0.15) is 19.7 Å². The summed E-state index contributed by atoms with van der Waals surface area (Å²) >= 11 is 1.24. The molecule has 0 aliphatic rings. The summed E-state index contributed by atoms with van der Waals surface area (Å²) in [6, 6.07) is 0. The third-order valence-electron chi connectivity index (χ3n) is 2.11. The first-order valence-corrected chi connectivity index (χ1v) is 7.44. The molecule has 17 heavy (non-hydrogen) atoms. The molecule has 0 aliphatic carbocycles. The SMILES string of the molecule is Cc1nn2c(P(=O)(O)OC(C)C)csc2[n+]1N. The molecule has 2 aromatic rings. The first-order valence-electron chi connectivity index (χ1n) is 4.98. The Morgan fingerprint density at radius 3 is 2.94 bits per heavy atom. The zero-order valence-corrected chi connectivity index (χ0v) is 11.4. The van der Waals surface area contributed by atoms with Crippen LogP contribution < -0.4 is 16.0 Å². The highest BCUT2D eigenvalue weighted by molar-refractivity contribution is 7.61. The number of nitrogen functional groups attached to an aromatic ring is 1. The van der Waals surface area contributed by atoms with E-state index in [-0.39, 0.29) is 11.5 Å². The van der Waals surface area contributed by atoms with Crippen LogP contribution in [0.25, 0.3) is 4.96 Å². The van der Waals surface area contributed by atoms with Gasteiger partial charge >= 0.3 is 12.6 Å². The summed E-state index contributed by atoms with van der Waals surface area (Å²) in [6.45, 7) is 5.11. The van der Waals surface area contributed by atoms with Gasteiger partial charge in [-0.25, -0.2) is 0 Å². The van der Waals surface area contributed by atoms with Gasteiger partial charge in [-0.3, -0.25) is 10.4 Å². The van der Waals surface area contributed by atoms with E-state index in [1.54, 1.807) is 20.8 Å². The van der Waals surface area contributed by atoms with Crippen LogP contribution >= 0.6 is 18.9 Å². The topological polar surface area (TPSA) is 93.7 Å². The molecule has 0 saturated heterocycles. The first kappa shape index (κ1) is 12.5. The zero-order chi connectivity index (χ0) is 12.8. The van der Waals surface area contributed by atoms with E-state index in [1.165, 1.54) is 25.9 Å². The van der Waals surface area contributed by atoms with Crippen molar-refractivity contribution in [3.05, 3.63) is 11.2 Å². The largest absolute Gasteiger partial charge is 0.394 e. The summed E-state index contributed by atoms with van der Waals surface area (Å²) in [5.74, 6) is 6.29. The third-order valence-corrected chi connectivity index (χ3v) is 4.81. The highest BCUT2D eigenvalue weighted by Crippen LogP contribution is 2.42. The second-order valence-corrected chi connectivity index (χ2v) is 6.43. The minimum Gasteiger partial charge on any atom is -0.319 e. The first-order chi connectivity index (χ1) is 7.83. The van der Waals surface area contributed by atoms with Gasteiger partial charge in [-0.15, -0.1) is 4.68 Å². The number of hydrogen-bond acceptors (Lipinski definition) is 5. The van der Waals surface area contributed by atoms with Crippen LogP contribution in [0.4, 0.5) is 0 Å². The summed E-state index contributed by atoms with van der Waals surface area (Å²) in [5, 5.41) is 5.64. The summed E-state index contributed by atoms with van der Waals surface area (Å²) < 4.78 is 19.8. The maximum absolute atomic E-state index is 12.1. The van der Waals surface area contributed by atoms with E-state index in [2.05, 4.69) is 5.10 Å². The molecule has 1 atom stereocenters. The molecule has 0 bridgehead atoms. The van der Waals surface area contributed by atoms with Crippen LogP contribution in [0.5, 0.6) is 0 Å². The van der Waals surface area contributed by atoms with Gasteiger partial charge in [-0.2, -0.15) is 0 Å². The van der Waals surface area contributed by atoms with Crippen molar-refractivity contribution < 1.29 is 18.7 Å². The van der Waals surface area contributed by atoms with Crippen molar-refractivity contribution in [1.82, 2.24) is 9.61 Å². The van der Waals surface area contributed by atoms with Crippen molar-refractivity contribution in [2.75, 3.05) is 5.84 Å².